The van der Waals surface area contributed by atoms with Crippen LogP contribution in [0.2, 0.25) is 0 Å². The molecule has 2 nitrogen and oxygen atoms in total. The molecule has 3 aliphatic rings. The Hall–Kier alpha value is -0.380. The Bertz CT molecular complexity index is 456. The van der Waals surface area contributed by atoms with Crippen molar-refractivity contribution in [1.82, 2.24) is 10.2 Å². The maximum atomic E-state index is 4.04. The summed E-state index contributed by atoms with van der Waals surface area (Å²) in [5, 5.41) is 8.61. The number of hydrogen-bond acceptors (Lipinski definition) is 3. The second-order valence-corrected chi connectivity index (χ2v) is 8.39. The van der Waals surface area contributed by atoms with Gasteiger partial charge in [0, 0.05) is 30.7 Å². The van der Waals surface area contributed by atoms with Gasteiger partial charge in [0.15, 0.2) is 0 Å². The molecule has 2 spiro atoms. The molecule has 3 fully saturated rings. The van der Waals surface area contributed by atoms with Crippen LogP contribution >= 0.6 is 11.3 Å². The molecule has 3 heteroatoms. The minimum absolute atomic E-state index is 0.433. The van der Waals surface area contributed by atoms with Crippen molar-refractivity contribution in [3.05, 3.63) is 22.4 Å². The molecule has 116 valence electrons. The highest BCUT2D eigenvalue weighted by molar-refractivity contribution is 7.07. The summed E-state index contributed by atoms with van der Waals surface area (Å²) in [5.41, 5.74) is 2.42. The van der Waals surface area contributed by atoms with Crippen LogP contribution in [0.25, 0.3) is 0 Å². The van der Waals surface area contributed by atoms with E-state index in [9.17, 15) is 0 Å². The van der Waals surface area contributed by atoms with Crippen molar-refractivity contribution in [2.45, 2.75) is 75.4 Å². The van der Waals surface area contributed by atoms with E-state index in [0.29, 0.717) is 11.1 Å². The van der Waals surface area contributed by atoms with Crippen LogP contribution in [-0.2, 0) is 6.54 Å². The molecule has 2 heterocycles. The number of hydrogen-bond donors (Lipinski definition) is 1. The van der Waals surface area contributed by atoms with Gasteiger partial charge in [0.05, 0.1) is 0 Å². The number of nitrogens with one attached hydrogen (secondary N) is 1. The second kappa shape index (κ2) is 5.68. The van der Waals surface area contributed by atoms with E-state index in [1.165, 1.54) is 83.0 Å². The Kier molecular flexibility index (Phi) is 3.85. The smallest absolute Gasteiger partial charge is 0.0338 e. The third-order valence-corrected chi connectivity index (χ3v) is 6.99. The summed E-state index contributed by atoms with van der Waals surface area (Å²) in [6.45, 7) is 3.69. The van der Waals surface area contributed by atoms with Gasteiger partial charge in [-0.1, -0.05) is 32.1 Å². The normalized spacial score (nSPS) is 28.4. The van der Waals surface area contributed by atoms with E-state index < -0.39 is 0 Å². The van der Waals surface area contributed by atoms with Crippen LogP contribution in [0.15, 0.2) is 16.8 Å². The first-order valence-electron chi connectivity index (χ1n) is 8.82. The quantitative estimate of drug-likeness (QED) is 0.882. The zero-order valence-corrected chi connectivity index (χ0v) is 13.9. The SMILES string of the molecule is c1cc(CN2CC3(CCCCC3)NCC23CCCC3)cs1. The molecule has 2 aliphatic carbocycles. The van der Waals surface area contributed by atoms with E-state index in [0.717, 1.165) is 0 Å². The van der Waals surface area contributed by atoms with E-state index in [1.54, 1.807) is 0 Å². The van der Waals surface area contributed by atoms with Crippen LogP contribution in [0.4, 0.5) is 0 Å². The van der Waals surface area contributed by atoms with Gasteiger partial charge in [0.1, 0.15) is 0 Å². The maximum Gasteiger partial charge on any atom is 0.0338 e. The summed E-state index contributed by atoms with van der Waals surface area (Å²) >= 11 is 1.84. The van der Waals surface area contributed by atoms with Crippen LogP contribution in [0.3, 0.4) is 0 Å². The number of nitrogens with zero attached hydrogens (tertiary/aromatic N) is 1. The van der Waals surface area contributed by atoms with Crippen molar-refractivity contribution < 1.29 is 0 Å². The van der Waals surface area contributed by atoms with Gasteiger partial charge in [-0.2, -0.15) is 11.3 Å². The summed E-state index contributed by atoms with van der Waals surface area (Å²) in [7, 11) is 0. The van der Waals surface area contributed by atoms with Crippen molar-refractivity contribution >= 4 is 11.3 Å². The predicted octanol–water partition coefficient (Wildman–Crippen LogP) is 4.17. The fourth-order valence-electron chi connectivity index (χ4n) is 4.97. The van der Waals surface area contributed by atoms with Crippen molar-refractivity contribution in [2.75, 3.05) is 13.1 Å². The van der Waals surface area contributed by atoms with Crippen LogP contribution in [0.5, 0.6) is 0 Å². The number of rotatable bonds is 2. The van der Waals surface area contributed by atoms with Gasteiger partial charge in [-0.15, -0.1) is 0 Å². The molecular formula is C18H28N2S. The van der Waals surface area contributed by atoms with Crippen LogP contribution in [-0.4, -0.2) is 29.1 Å². The molecular weight excluding hydrogens is 276 g/mol. The first-order valence-corrected chi connectivity index (χ1v) is 9.76. The first-order chi connectivity index (χ1) is 10.3. The lowest BCUT2D eigenvalue weighted by molar-refractivity contribution is -0.0118. The van der Waals surface area contributed by atoms with Gasteiger partial charge in [0.2, 0.25) is 0 Å². The maximum absolute atomic E-state index is 4.04. The fraction of sp³-hybridized carbons (Fsp3) is 0.778. The summed E-state index contributed by atoms with van der Waals surface area (Å²) in [6.07, 6.45) is 12.7. The van der Waals surface area contributed by atoms with Gasteiger partial charge < -0.3 is 5.32 Å². The highest BCUT2D eigenvalue weighted by atomic mass is 32.1. The average Bonchev–Trinajstić information content (AvgIpc) is 3.17. The molecule has 1 aromatic rings. The van der Waals surface area contributed by atoms with Crippen LogP contribution in [0, 0.1) is 0 Å². The third-order valence-electron chi connectivity index (χ3n) is 6.26. The molecule has 0 radical (unpaired) electrons. The van der Waals surface area contributed by atoms with E-state index in [-0.39, 0.29) is 0 Å². The molecule has 0 atom stereocenters. The van der Waals surface area contributed by atoms with Crippen molar-refractivity contribution in [3.8, 4) is 0 Å². The summed E-state index contributed by atoms with van der Waals surface area (Å²) in [5.74, 6) is 0. The van der Waals surface area contributed by atoms with Crippen molar-refractivity contribution in [1.29, 1.82) is 0 Å². The number of piperazine rings is 1. The fourth-order valence-corrected chi connectivity index (χ4v) is 5.63. The van der Waals surface area contributed by atoms with Crippen LogP contribution in [0.1, 0.15) is 63.4 Å². The monoisotopic (exact) mass is 304 g/mol. The molecule has 1 saturated heterocycles. The Balaban J connectivity index is 1.56. The standard InChI is InChI=1S/C18H28N2S/c1-2-7-17(8-3-1)15-20(12-16-6-11-21-13-16)18(14-19-17)9-4-5-10-18/h6,11,13,19H,1-5,7-10,12,14-15H2. The largest absolute Gasteiger partial charge is 0.308 e. The third kappa shape index (κ3) is 2.69. The molecule has 0 aromatic carbocycles. The molecule has 0 unspecified atom stereocenters. The van der Waals surface area contributed by atoms with Crippen molar-refractivity contribution in [3.63, 3.8) is 0 Å². The van der Waals surface area contributed by atoms with E-state index in [2.05, 4.69) is 27.0 Å². The molecule has 1 aliphatic heterocycles. The van der Waals surface area contributed by atoms with Gasteiger partial charge in [-0.3, -0.25) is 4.90 Å². The molecule has 1 aromatic heterocycles. The molecule has 2 saturated carbocycles. The Morgan fingerprint density at radius 3 is 2.52 bits per heavy atom. The zero-order chi connectivity index (χ0) is 14.2. The average molecular weight is 305 g/mol. The van der Waals surface area contributed by atoms with Crippen LogP contribution < -0.4 is 5.32 Å². The van der Waals surface area contributed by atoms with E-state index in [1.807, 2.05) is 11.3 Å². The lowest BCUT2D eigenvalue weighted by Crippen LogP contribution is -2.69. The Morgan fingerprint density at radius 1 is 1.05 bits per heavy atom. The van der Waals surface area contributed by atoms with Gasteiger partial charge in [0.25, 0.3) is 0 Å². The highest BCUT2D eigenvalue weighted by Gasteiger charge is 2.48. The second-order valence-electron chi connectivity index (χ2n) is 7.61. The minimum atomic E-state index is 0.433. The molecule has 0 amide bonds. The Morgan fingerprint density at radius 2 is 1.81 bits per heavy atom. The topological polar surface area (TPSA) is 15.3 Å². The molecule has 21 heavy (non-hydrogen) atoms. The van der Waals surface area contributed by atoms with Gasteiger partial charge >= 0.3 is 0 Å². The lowest BCUT2D eigenvalue weighted by Gasteiger charge is -2.55. The van der Waals surface area contributed by atoms with Gasteiger partial charge in [-0.05, 0) is 48.1 Å². The highest BCUT2D eigenvalue weighted by Crippen LogP contribution is 2.42. The first kappa shape index (κ1) is 14.2. The van der Waals surface area contributed by atoms with E-state index >= 15 is 0 Å². The van der Waals surface area contributed by atoms with Gasteiger partial charge in [-0.25, -0.2) is 0 Å². The molecule has 0 bridgehead atoms. The summed E-state index contributed by atoms with van der Waals surface area (Å²) in [4.78, 5) is 2.88. The number of thiophene rings is 1. The molecule has 1 N–H and O–H groups in total. The van der Waals surface area contributed by atoms with Crippen molar-refractivity contribution in [2.24, 2.45) is 0 Å². The predicted molar refractivity (Wildman–Crippen MR) is 89.7 cm³/mol. The zero-order valence-electron chi connectivity index (χ0n) is 13.1. The van der Waals surface area contributed by atoms with E-state index in [4.69, 9.17) is 0 Å². The summed E-state index contributed by atoms with van der Waals surface area (Å²) in [6, 6.07) is 2.32. The summed E-state index contributed by atoms with van der Waals surface area (Å²) < 4.78 is 0. The Labute approximate surface area is 132 Å². The lowest BCUT2D eigenvalue weighted by atomic mass is 9.76. The molecule has 4 rings (SSSR count). The minimum Gasteiger partial charge on any atom is -0.308 e.